The second-order valence-electron chi connectivity index (χ2n) is 2.49. The SMILES string of the molecule is NN(N)C=CC(=O)c1ccccc1. The van der Waals surface area contributed by atoms with E-state index in [1.807, 2.05) is 6.07 Å². The van der Waals surface area contributed by atoms with Crippen LogP contribution in [0.1, 0.15) is 10.4 Å². The predicted molar refractivity (Wildman–Crippen MR) is 50.1 cm³/mol. The zero-order valence-corrected chi connectivity index (χ0v) is 7.05. The minimum atomic E-state index is -0.124. The highest BCUT2D eigenvalue weighted by atomic mass is 16.1. The van der Waals surface area contributed by atoms with E-state index in [0.717, 1.165) is 5.12 Å². The summed E-state index contributed by atoms with van der Waals surface area (Å²) in [5, 5.41) is 0.834. The van der Waals surface area contributed by atoms with Crippen LogP contribution < -0.4 is 11.7 Å². The van der Waals surface area contributed by atoms with Gasteiger partial charge in [0.15, 0.2) is 5.78 Å². The lowest BCUT2D eigenvalue weighted by atomic mass is 10.1. The molecule has 0 unspecified atom stereocenters. The number of rotatable bonds is 3. The molecule has 0 bridgehead atoms. The van der Waals surface area contributed by atoms with E-state index in [1.54, 1.807) is 24.3 Å². The fraction of sp³-hybridized carbons (Fsp3) is 0. The molecule has 1 rings (SSSR count). The smallest absolute Gasteiger partial charge is 0.187 e. The van der Waals surface area contributed by atoms with Crippen molar-refractivity contribution in [1.82, 2.24) is 5.12 Å². The van der Waals surface area contributed by atoms with Crippen LogP contribution in [-0.2, 0) is 0 Å². The fourth-order valence-corrected chi connectivity index (χ4v) is 0.852. The summed E-state index contributed by atoms with van der Waals surface area (Å²) in [4.78, 5) is 11.3. The third-order valence-electron chi connectivity index (χ3n) is 1.46. The lowest BCUT2D eigenvalue weighted by Gasteiger charge is -2.01. The molecule has 0 spiro atoms. The molecule has 0 amide bonds. The van der Waals surface area contributed by atoms with E-state index in [0.29, 0.717) is 5.56 Å². The van der Waals surface area contributed by atoms with Crippen LogP contribution in [0.2, 0.25) is 0 Å². The first kappa shape index (κ1) is 9.44. The molecule has 0 aliphatic rings. The minimum Gasteiger partial charge on any atom is -0.289 e. The second kappa shape index (κ2) is 4.39. The maximum absolute atomic E-state index is 11.3. The van der Waals surface area contributed by atoms with E-state index >= 15 is 0 Å². The van der Waals surface area contributed by atoms with E-state index in [1.165, 1.54) is 12.3 Å². The average molecular weight is 177 g/mol. The Hall–Kier alpha value is -1.65. The largest absolute Gasteiger partial charge is 0.289 e. The van der Waals surface area contributed by atoms with Crippen molar-refractivity contribution in [3.63, 3.8) is 0 Å². The number of hydrazine groups is 2. The topological polar surface area (TPSA) is 72.3 Å². The summed E-state index contributed by atoms with van der Waals surface area (Å²) in [6.07, 6.45) is 2.62. The Bertz CT molecular complexity index is 306. The van der Waals surface area contributed by atoms with Gasteiger partial charge < -0.3 is 0 Å². The summed E-state index contributed by atoms with van der Waals surface area (Å²) in [5.41, 5.74) is 0.612. The summed E-state index contributed by atoms with van der Waals surface area (Å²) in [7, 11) is 0. The third-order valence-corrected chi connectivity index (χ3v) is 1.46. The van der Waals surface area contributed by atoms with Gasteiger partial charge in [0.1, 0.15) is 0 Å². The first-order valence-electron chi connectivity index (χ1n) is 3.76. The lowest BCUT2D eigenvalue weighted by molar-refractivity contribution is 0.104. The number of allylic oxidation sites excluding steroid dienone is 1. The van der Waals surface area contributed by atoms with Gasteiger partial charge >= 0.3 is 0 Å². The van der Waals surface area contributed by atoms with Gasteiger partial charge in [-0.15, -0.1) is 0 Å². The third kappa shape index (κ3) is 3.06. The molecule has 1 aromatic carbocycles. The molecular formula is C9H11N3O. The van der Waals surface area contributed by atoms with Crippen molar-refractivity contribution in [2.75, 3.05) is 0 Å². The molecule has 0 aromatic heterocycles. The summed E-state index contributed by atoms with van der Waals surface area (Å²) in [6.45, 7) is 0. The number of carbonyl (C=O) groups is 1. The van der Waals surface area contributed by atoms with Crippen molar-refractivity contribution in [3.05, 3.63) is 48.2 Å². The van der Waals surface area contributed by atoms with Gasteiger partial charge in [0, 0.05) is 17.8 Å². The highest BCUT2D eigenvalue weighted by Gasteiger charge is 1.98. The quantitative estimate of drug-likeness (QED) is 0.304. The Kier molecular flexibility index (Phi) is 3.19. The standard InChI is InChI=1S/C9H11N3O/c10-12(11)7-6-9(13)8-4-2-1-3-5-8/h1-7H,10-11H2. The highest BCUT2D eigenvalue weighted by Crippen LogP contribution is 2.00. The second-order valence-corrected chi connectivity index (χ2v) is 2.49. The van der Waals surface area contributed by atoms with Crippen molar-refractivity contribution < 1.29 is 4.79 Å². The molecule has 0 atom stereocenters. The number of hydrogen-bond acceptors (Lipinski definition) is 4. The molecular weight excluding hydrogens is 166 g/mol. The predicted octanol–water partition coefficient (Wildman–Crippen LogP) is 0.432. The Morgan fingerprint density at radius 1 is 1.23 bits per heavy atom. The number of benzene rings is 1. The van der Waals surface area contributed by atoms with Crippen LogP contribution in [-0.4, -0.2) is 10.9 Å². The van der Waals surface area contributed by atoms with Crippen molar-refractivity contribution >= 4 is 5.78 Å². The van der Waals surface area contributed by atoms with E-state index in [4.69, 9.17) is 11.7 Å². The van der Waals surface area contributed by atoms with Crippen LogP contribution in [0.25, 0.3) is 0 Å². The molecule has 0 heterocycles. The molecule has 1 aromatic rings. The van der Waals surface area contributed by atoms with Crippen molar-refractivity contribution in [2.24, 2.45) is 11.7 Å². The van der Waals surface area contributed by atoms with Crippen LogP contribution in [0.5, 0.6) is 0 Å². The van der Waals surface area contributed by atoms with Gasteiger partial charge in [-0.1, -0.05) is 30.3 Å². The van der Waals surface area contributed by atoms with E-state index in [-0.39, 0.29) is 5.78 Å². The Morgan fingerprint density at radius 3 is 2.38 bits per heavy atom. The number of nitrogens with zero attached hydrogens (tertiary/aromatic N) is 1. The zero-order valence-electron chi connectivity index (χ0n) is 7.05. The fourth-order valence-electron chi connectivity index (χ4n) is 0.852. The first-order chi connectivity index (χ1) is 6.20. The number of carbonyl (C=O) groups excluding carboxylic acids is 1. The molecule has 0 saturated heterocycles. The van der Waals surface area contributed by atoms with Gasteiger partial charge in [0.05, 0.1) is 0 Å². The molecule has 4 N–H and O–H groups in total. The normalized spacial score (nSPS) is 10.3. The Balaban J connectivity index is 2.70. The van der Waals surface area contributed by atoms with Crippen LogP contribution in [0.15, 0.2) is 42.6 Å². The van der Waals surface area contributed by atoms with E-state index < -0.39 is 0 Å². The Morgan fingerprint density at radius 2 is 1.85 bits per heavy atom. The summed E-state index contributed by atoms with van der Waals surface area (Å²) >= 11 is 0. The molecule has 0 radical (unpaired) electrons. The summed E-state index contributed by atoms with van der Waals surface area (Å²) < 4.78 is 0. The summed E-state index contributed by atoms with van der Waals surface area (Å²) in [6, 6.07) is 8.89. The lowest BCUT2D eigenvalue weighted by Crippen LogP contribution is -2.32. The van der Waals surface area contributed by atoms with Crippen LogP contribution in [0, 0.1) is 0 Å². The average Bonchev–Trinajstić information content (AvgIpc) is 2.15. The number of ketones is 1. The van der Waals surface area contributed by atoms with Gasteiger partial charge in [-0.05, 0) is 0 Å². The molecule has 68 valence electrons. The van der Waals surface area contributed by atoms with Crippen LogP contribution in [0.3, 0.4) is 0 Å². The first-order valence-corrected chi connectivity index (χ1v) is 3.76. The number of hydrogen-bond donors (Lipinski definition) is 2. The van der Waals surface area contributed by atoms with Crippen LogP contribution >= 0.6 is 0 Å². The molecule has 0 aliphatic carbocycles. The maximum Gasteiger partial charge on any atom is 0.187 e. The van der Waals surface area contributed by atoms with Gasteiger partial charge in [-0.25, -0.2) is 11.7 Å². The van der Waals surface area contributed by atoms with Gasteiger partial charge in [-0.2, -0.15) is 0 Å². The van der Waals surface area contributed by atoms with Crippen molar-refractivity contribution in [2.45, 2.75) is 0 Å². The molecule has 0 fully saturated rings. The minimum absolute atomic E-state index is 0.124. The molecule has 0 aliphatic heterocycles. The van der Waals surface area contributed by atoms with Gasteiger partial charge in [0.25, 0.3) is 0 Å². The van der Waals surface area contributed by atoms with Crippen molar-refractivity contribution in [3.8, 4) is 0 Å². The van der Waals surface area contributed by atoms with Crippen molar-refractivity contribution in [1.29, 1.82) is 0 Å². The molecule has 13 heavy (non-hydrogen) atoms. The molecule has 0 saturated carbocycles. The molecule has 4 nitrogen and oxygen atoms in total. The maximum atomic E-state index is 11.3. The van der Waals surface area contributed by atoms with E-state index in [2.05, 4.69) is 0 Å². The molecule has 4 heteroatoms. The Labute approximate surface area is 76.4 Å². The monoisotopic (exact) mass is 177 g/mol. The van der Waals surface area contributed by atoms with Gasteiger partial charge in [0.2, 0.25) is 0 Å². The highest BCUT2D eigenvalue weighted by molar-refractivity contribution is 6.04. The van der Waals surface area contributed by atoms with Crippen LogP contribution in [0.4, 0.5) is 0 Å². The van der Waals surface area contributed by atoms with Gasteiger partial charge in [-0.3, -0.25) is 9.91 Å². The number of nitrogens with two attached hydrogens (primary N) is 2. The van der Waals surface area contributed by atoms with E-state index in [9.17, 15) is 4.79 Å². The summed E-state index contributed by atoms with van der Waals surface area (Å²) in [5.74, 6) is 10.1. The zero-order chi connectivity index (χ0) is 9.68.